The molecule has 2 rings (SSSR count). The van der Waals surface area contributed by atoms with Gasteiger partial charge in [-0.1, -0.05) is 17.7 Å². The standard InChI is InChI=1S/C18H12ClF6N3O2/c19-14-7-12(18(23,24)25)8-27-15(14)28-9-13(4-5-26)30-16(29)10-2-1-3-11(6-10)17(20,21)22/h1-3,6-8,13H,4,9H2,(H,27,28)/t13-/m1/s1. The Hall–Kier alpha value is -3.00. The lowest BCUT2D eigenvalue weighted by Gasteiger charge is -2.17. The molecule has 0 saturated heterocycles. The lowest BCUT2D eigenvalue weighted by atomic mass is 10.1. The average molecular weight is 452 g/mol. The van der Waals surface area contributed by atoms with Gasteiger partial charge in [0.2, 0.25) is 0 Å². The second kappa shape index (κ2) is 9.21. The number of pyridine rings is 1. The monoisotopic (exact) mass is 451 g/mol. The summed E-state index contributed by atoms with van der Waals surface area (Å²) in [7, 11) is 0. The fourth-order valence-electron chi connectivity index (χ4n) is 2.23. The van der Waals surface area contributed by atoms with Gasteiger partial charge in [-0.2, -0.15) is 31.6 Å². The van der Waals surface area contributed by atoms with Crippen LogP contribution in [0.5, 0.6) is 0 Å². The Morgan fingerprint density at radius 3 is 2.40 bits per heavy atom. The lowest BCUT2D eigenvalue weighted by molar-refractivity contribution is -0.138. The van der Waals surface area contributed by atoms with Gasteiger partial charge in [0.1, 0.15) is 11.9 Å². The molecule has 12 heteroatoms. The van der Waals surface area contributed by atoms with Crippen LogP contribution in [0.1, 0.15) is 27.9 Å². The zero-order chi connectivity index (χ0) is 22.5. The van der Waals surface area contributed by atoms with E-state index in [1.165, 1.54) is 0 Å². The molecule has 0 aliphatic heterocycles. The number of hydrogen-bond acceptors (Lipinski definition) is 5. The molecule has 0 amide bonds. The van der Waals surface area contributed by atoms with Crippen LogP contribution >= 0.6 is 11.6 Å². The molecule has 0 saturated carbocycles. The number of rotatable bonds is 6. The highest BCUT2D eigenvalue weighted by molar-refractivity contribution is 6.32. The molecule has 30 heavy (non-hydrogen) atoms. The molecule has 1 N–H and O–H groups in total. The Bertz CT molecular complexity index is 956. The van der Waals surface area contributed by atoms with E-state index in [1.807, 2.05) is 0 Å². The number of nitrogens with zero attached hydrogens (tertiary/aromatic N) is 2. The third kappa shape index (κ3) is 6.25. The molecule has 0 radical (unpaired) electrons. The number of nitrogens with one attached hydrogen (secondary N) is 1. The maximum absolute atomic E-state index is 12.8. The molecule has 0 aliphatic rings. The number of benzene rings is 1. The Balaban J connectivity index is 2.08. The first-order valence-corrected chi connectivity index (χ1v) is 8.51. The fourth-order valence-corrected chi connectivity index (χ4v) is 2.47. The molecule has 1 aromatic heterocycles. The van der Waals surface area contributed by atoms with Crippen LogP contribution in [0.4, 0.5) is 32.2 Å². The molecule has 1 aromatic carbocycles. The van der Waals surface area contributed by atoms with Gasteiger partial charge < -0.3 is 10.1 Å². The van der Waals surface area contributed by atoms with E-state index in [9.17, 15) is 31.1 Å². The maximum atomic E-state index is 12.8. The summed E-state index contributed by atoms with van der Waals surface area (Å²) in [6.07, 6.45) is -10.2. The second-order valence-corrected chi connectivity index (χ2v) is 6.31. The highest BCUT2D eigenvalue weighted by atomic mass is 35.5. The Morgan fingerprint density at radius 2 is 1.83 bits per heavy atom. The Kier molecular flexibility index (Phi) is 7.15. The van der Waals surface area contributed by atoms with Crippen LogP contribution in [0.25, 0.3) is 0 Å². The highest BCUT2D eigenvalue weighted by Gasteiger charge is 2.32. The number of carbonyl (C=O) groups excluding carboxylic acids is 1. The Morgan fingerprint density at radius 1 is 1.17 bits per heavy atom. The largest absolute Gasteiger partial charge is 0.456 e. The van der Waals surface area contributed by atoms with E-state index in [1.54, 1.807) is 6.07 Å². The number of aromatic nitrogens is 1. The number of anilines is 1. The molecular weight excluding hydrogens is 440 g/mol. The van der Waals surface area contributed by atoms with E-state index in [0.29, 0.717) is 18.3 Å². The molecule has 0 spiro atoms. The number of alkyl halides is 6. The first-order chi connectivity index (χ1) is 13.9. The minimum Gasteiger partial charge on any atom is -0.456 e. The van der Waals surface area contributed by atoms with Crippen molar-refractivity contribution in [3.63, 3.8) is 0 Å². The molecule has 0 unspecified atom stereocenters. The van der Waals surface area contributed by atoms with Crippen molar-refractivity contribution in [1.82, 2.24) is 4.98 Å². The minimum absolute atomic E-state index is 0.150. The normalized spacial score (nSPS) is 12.7. The van der Waals surface area contributed by atoms with Crippen molar-refractivity contribution in [3.05, 3.63) is 58.2 Å². The average Bonchev–Trinajstić information content (AvgIpc) is 2.65. The van der Waals surface area contributed by atoms with Crippen molar-refractivity contribution in [3.8, 4) is 6.07 Å². The first-order valence-electron chi connectivity index (χ1n) is 8.13. The lowest BCUT2D eigenvalue weighted by Crippen LogP contribution is -2.26. The smallest absolute Gasteiger partial charge is 0.417 e. The first kappa shape index (κ1) is 23.3. The van der Waals surface area contributed by atoms with Gasteiger partial charge in [0.25, 0.3) is 0 Å². The van der Waals surface area contributed by atoms with Gasteiger partial charge in [-0.3, -0.25) is 0 Å². The summed E-state index contributed by atoms with van der Waals surface area (Å²) in [6.45, 7) is -0.268. The maximum Gasteiger partial charge on any atom is 0.417 e. The van der Waals surface area contributed by atoms with E-state index in [4.69, 9.17) is 21.6 Å². The number of nitriles is 1. The summed E-state index contributed by atoms with van der Waals surface area (Å²) < 4.78 is 81.3. The van der Waals surface area contributed by atoms with Crippen LogP contribution in [0.2, 0.25) is 5.02 Å². The van der Waals surface area contributed by atoms with Crippen molar-refractivity contribution in [1.29, 1.82) is 5.26 Å². The zero-order valence-corrected chi connectivity index (χ0v) is 15.6. The third-order valence-electron chi connectivity index (χ3n) is 3.68. The van der Waals surface area contributed by atoms with Crippen molar-refractivity contribution in [2.45, 2.75) is 24.9 Å². The second-order valence-electron chi connectivity index (χ2n) is 5.90. The minimum atomic E-state index is -4.66. The molecule has 5 nitrogen and oxygen atoms in total. The SMILES string of the molecule is N#CC[C@H](CNc1ncc(C(F)(F)F)cc1Cl)OC(=O)c1cccc(C(F)(F)F)c1. The number of ether oxygens (including phenoxy) is 1. The van der Waals surface area contributed by atoms with Crippen LogP contribution in [0, 0.1) is 11.3 Å². The predicted octanol–water partition coefficient (Wildman–Crippen LogP) is 5.32. The van der Waals surface area contributed by atoms with Crippen LogP contribution in [0.3, 0.4) is 0 Å². The van der Waals surface area contributed by atoms with Gasteiger partial charge >= 0.3 is 18.3 Å². The molecule has 1 heterocycles. The van der Waals surface area contributed by atoms with E-state index in [2.05, 4.69) is 10.3 Å². The third-order valence-corrected chi connectivity index (χ3v) is 3.97. The Labute approximate surface area is 171 Å². The molecule has 0 aliphatic carbocycles. The van der Waals surface area contributed by atoms with E-state index >= 15 is 0 Å². The van der Waals surface area contributed by atoms with Crippen molar-refractivity contribution in [2.75, 3.05) is 11.9 Å². The molecule has 0 bridgehead atoms. The van der Waals surface area contributed by atoms with E-state index in [-0.39, 0.29) is 29.4 Å². The quantitative estimate of drug-likeness (QED) is 0.475. The van der Waals surface area contributed by atoms with Crippen molar-refractivity contribution < 1.29 is 35.9 Å². The summed E-state index contributed by atoms with van der Waals surface area (Å²) in [6, 6.07) is 5.91. The molecule has 2 aromatic rings. The van der Waals surface area contributed by atoms with Crippen LogP contribution in [-0.2, 0) is 17.1 Å². The number of carbonyl (C=O) groups is 1. The van der Waals surface area contributed by atoms with Gasteiger partial charge in [-0.05, 0) is 24.3 Å². The number of halogens is 7. The summed E-state index contributed by atoms with van der Waals surface area (Å²) in [5, 5.41) is 11.1. The zero-order valence-electron chi connectivity index (χ0n) is 14.8. The summed E-state index contributed by atoms with van der Waals surface area (Å²) in [5.41, 5.74) is -2.49. The summed E-state index contributed by atoms with van der Waals surface area (Å²) in [4.78, 5) is 15.7. The topological polar surface area (TPSA) is 75.0 Å². The summed E-state index contributed by atoms with van der Waals surface area (Å²) in [5.74, 6) is -1.25. The van der Waals surface area contributed by atoms with Crippen LogP contribution in [0.15, 0.2) is 36.5 Å². The number of hydrogen-bond donors (Lipinski definition) is 1. The molecular formula is C18H12ClF6N3O2. The van der Waals surface area contributed by atoms with Crippen molar-refractivity contribution in [2.24, 2.45) is 0 Å². The van der Waals surface area contributed by atoms with Gasteiger partial charge in [0.05, 0.1) is 40.7 Å². The summed E-state index contributed by atoms with van der Waals surface area (Å²) >= 11 is 5.75. The van der Waals surface area contributed by atoms with Gasteiger partial charge in [0, 0.05) is 6.20 Å². The molecule has 0 fully saturated rings. The highest BCUT2D eigenvalue weighted by Crippen LogP contribution is 2.32. The number of esters is 1. The fraction of sp³-hybridized carbons (Fsp3) is 0.278. The van der Waals surface area contributed by atoms with E-state index < -0.39 is 35.6 Å². The van der Waals surface area contributed by atoms with E-state index in [0.717, 1.165) is 18.2 Å². The predicted molar refractivity (Wildman–Crippen MR) is 93.6 cm³/mol. The molecule has 1 atom stereocenters. The molecule has 160 valence electrons. The van der Waals surface area contributed by atoms with Crippen molar-refractivity contribution >= 4 is 23.4 Å². The van der Waals surface area contributed by atoms with Gasteiger partial charge in [0.15, 0.2) is 0 Å². The van der Waals surface area contributed by atoms with Gasteiger partial charge in [-0.25, -0.2) is 9.78 Å². The van der Waals surface area contributed by atoms with Crippen LogP contribution < -0.4 is 5.32 Å². The van der Waals surface area contributed by atoms with Gasteiger partial charge in [-0.15, -0.1) is 0 Å². The van der Waals surface area contributed by atoms with Crippen LogP contribution in [-0.4, -0.2) is 23.6 Å².